The highest BCUT2D eigenvalue weighted by Crippen LogP contribution is 2.22. The maximum Gasteiger partial charge on any atom is 0.337 e. The van der Waals surface area contributed by atoms with Crippen molar-refractivity contribution in [2.24, 2.45) is 0 Å². The van der Waals surface area contributed by atoms with Gasteiger partial charge in [-0.25, -0.2) is 13.2 Å². The third-order valence-electron chi connectivity index (χ3n) is 4.46. The highest BCUT2D eigenvalue weighted by Gasteiger charge is 2.18. The van der Waals surface area contributed by atoms with E-state index >= 15 is 0 Å². The lowest BCUT2D eigenvalue weighted by Gasteiger charge is -2.22. The summed E-state index contributed by atoms with van der Waals surface area (Å²) in [6.45, 7) is 1.96. The van der Waals surface area contributed by atoms with E-state index in [4.69, 9.17) is 9.47 Å². The smallest absolute Gasteiger partial charge is 0.337 e. The standard InChI is InChI=1S/C21H26N2O6S/c1-15-7-8-16(21(25)29-3)14-19(15)22-20(24)6-5-13-23(30(4,26)27)17-9-11-18(28-2)12-10-17/h7-12,14H,5-6,13H2,1-4H3,(H,22,24). The van der Waals surface area contributed by atoms with E-state index in [1.54, 1.807) is 42.5 Å². The minimum atomic E-state index is -3.51. The Bertz CT molecular complexity index is 1000. The van der Waals surface area contributed by atoms with Gasteiger partial charge >= 0.3 is 5.97 Å². The number of carbonyl (C=O) groups is 2. The lowest BCUT2D eigenvalue weighted by atomic mass is 10.1. The van der Waals surface area contributed by atoms with Gasteiger partial charge in [-0.2, -0.15) is 0 Å². The second kappa shape index (κ2) is 10.1. The zero-order valence-corrected chi connectivity index (χ0v) is 18.3. The molecule has 1 amide bonds. The van der Waals surface area contributed by atoms with Crippen LogP contribution in [0.25, 0.3) is 0 Å². The molecule has 0 unspecified atom stereocenters. The van der Waals surface area contributed by atoms with Gasteiger partial charge in [0.05, 0.1) is 31.7 Å². The van der Waals surface area contributed by atoms with Crippen LogP contribution in [-0.2, 0) is 19.6 Å². The van der Waals surface area contributed by atoms with Crippen molar-refractivity contribution < 1.29 is 27.5 Å². The molecule has 1 N–H and O–H groups in total. The van der Waals surface area contributed by atoms with Gasteiger partial charge < -0.3 is 14.8 Å². The summed E-state index contributed by atoms with van der Waals surface area (Å²) in [6.07, 6.45) is 1.56. The fraction of sp³-hybridized carbons (Fsp3) is 0.333. The lowest BCUT2D eigenvalue weighted by molar-refractivity contribution is -0.116. The Morgan fingerprint density at radius 2 is 1.73 bits per heavy atom. The highest BCUT2D eigenvalue weighted by molar-refractivity contribution is 7.92. The van der Waals surface area contributed by atoms with E-state index in [2.05, 4.69) is 5.32 Å². The zero-order valence-electron chi connectivity index (χ0n) is 17.5. The van der Waals surface area contributed by atoms with Crippen LogP contribution in [0.2, 0.25) is 0 Å². The molecule has 2 rings (SSSR count). The number of hydrogen-bond donors (Lipinski definition) is 1. The summed E-state index contributed by atoms with van der Waals surface area (Å²) in [4.78, 5) is 24.0. The van der Waals surface area contributed by atoms with Crippen molar-refractivity contribution in [2.75, 3.05) is 36.6 Å². The predicted molar refractivity (Wildman–Crippen MR) is 116 cm³/mol. The second-order valence-electron chi connectivity index (χ2n) is 6.71. The van der Waals surface area contributed by atoms with Crippen LogP contribution in [0.1, 0.15) is 28.8 Å². The maximum absolute atomic E-state index is 12.4. The Morgan fingerprint density at radius 3 is 2.30 bits per heavy atom. The van der Waals surface area contributed by atoms with Crippen LogP contribution >= 0.6 is 0 Å². The van der Waals surface area contributed by atoms with Gasteiger partial charge in [0.1, 0.15) is 5.75 Å². The van der Waals surface area contributed by atoms with E-state index < -0.39 is 16.0 Å². The molecule has 0 spiro atoms. The SMILES string of the molecule is COC(=O)c1ccc(C)c(NC(=O)CCCN(c2ccc(OC)cc2)S(C)(=O)=O)c1. The first kappa shape index (κ1) is 23.2. The van der Waals surface area contributed by atoms with Crippen molar-refractivity contribution in [2.45, 2.75) is 19.8 Å². The fourth-order valence-corrected chi connectivity index (χ4v) is 3.80. The molecule has 0 aliphatic heterocycles. The van der Waals surface area contributed by atoms with E-state index in [-0.39, 0.29) is 18.9 Å². The van der Waals surface area contributed by atoms with Gasteiger partial charge in [-0.1, -0.05) is 6.07 Å². The molecule has 2 aromatic carbocycles. The molecule has 0 heterocycles. The molecule has 0 saturated heterocycles. The Balaban J connectivity index is 2.01. The number of sulfonamides is 1. The number of benzene rings is 2. The van der Waals surface area contributed by atoms with Gasteiger partial charge in [-0.05, 0) is 55.3 Å². The summed E-state index contributed by atoms with van der Waals surface area (Å²) < 4.78 is 35.4. The molecule has 0 bridgehead atoms. The molecule has 0 atom stereocenters. The molecular weight excluding hydrogens is 408 g/mol. The third kappa shape index (κ3) is 6.21. The number of nitrogens with one attached hydrogen (secondary N) is 1. The fourth-order valence-electron chi connectivity index (χ4n) is 2.83. The van der Waals surface area contributed by atoms with Crippen molar-refractivity contribution in [1.29, 1.82) is 0 Å². The molecule has 9 heteroatoms. The van der Waals surface area contributed by atoms with Gasteiger partial charge in [0.25, 0.3) is 0 Å². The van der Waals surface area contributed by atoms with Crippen molar-refractivity contribution in [1.82, 2.24) is 0 Å². The molecule has 0 radical (unpaired) electrons. The molecule has 30 heavy (non-hydrogen) atoms. The largest absolute Gasteiger partial charge is 0.497 e. The van der Waals surface area contributed by atoms with Crippen molar-refractivity contribution in [3.05, 3.63) is 53.6 Å². The van der Waals surface area contributed by atoms with Crippen molar-refractivity contribution in [3.63, 3.8) is 0 Å². The number of nitrogens with zero attached hydrogens (tertiary/aromatic N) is 1. The second-order valence-corrected chi connectivity index (χ2v) is 8.61. The molecule has 2 aromatic rings. The summed E-state index contributed by atoms with van der Waals surface area (Å²) in [5.41, 5.74) is 2.14. The molecule has 0 aromatic heterocycles. The zero-order chi connectivity index (χ0) is 22.3. The Kier molecular flexibility index (Phi) is 7.82. The molecule has 0 saturated carbocycles. The minimum absolute atomic E-state index is 0.115. The predicted octanol–water partition coefficient (Wildman–Crippen LogP) is 2.98. The number of anilines is 2. The molecule has 0 fully saturated rings. The Labute approximate surface area is 176 Å². The summed E-state index contributed by atoms with van der Waals surface area (Å²) >= 11 is 0. The average Bonchev–Trinajstić information content (AvgIpc) is 2.71. The summed E-state index contributed by atoms with van der Waals surface area (Å²) in [5, 5.41) is 2.77. The first-order valence-electron chi connectivity index (χ1n) is 9.26. The van der Waals surface area contributed by atoms with E-state index in [9.17, 15) is 18.0 Å². The van der Waals surface area contributed by atoms with Crippen LogP contribution < -0.4 is 14.4 Å². The number of esters is 1. The first-order valence-corrected chi connectivity index (χ1v) is 11.1. The van der Waals surface area contributed by atoms with E-state index in [1.807, 2.05) is 6.92 Å². The van der Waals surface area contributed by atoms with Gasteiger partial charge in [-0.15, -0.1) is 0 Å². The number of aryl methyl sites for hydroxylation is 1. The van der Waals surface area contributed by atoms with Crippen molar-refractivity contribution >= 4 is 33.3 Å². The number of rotatable bonds is 9. The number of methoxy groups -OCH3 is 2. The average molecular weight is 435 g/mol. The normalized spacial score (nSPS) is 10.9. The van der Waals surface area contributed by atoms with Gasteiger partial charge in [0, 0.05) is 18.7 Å². The molecule has 8 nitrogen and oxygen atoms in total. The maximum atomic E-state index is 12.4. The van der Waals surface area contributed by atoms with Crippen LogP contribution in [0, 0.1) is 6.92 Å². The van der Waals surface area contributed by atoms with E-state index in [0.29, 0.717) is 29.1 Å². The monoisotopic (exact) mass is 434 g/mol. The third-order valence-corrected chi connectivity index (χ3v) is 5.65. The number of amides is 1. The Morgan fingerprint density at radius 1 is 1.07 bits per heavy atom. The highest BCUT2D eigenvalue weighted by atomic mass is 32.2. The van der Waals surface area contributed by atoms with Crippen molar-refractivity contribution in [3.8, 4) is 5.75 Å². The van der Waals surface area contributed by atoms with E-state index in [1.165, 1.54) is 18.5 Å². The quantitative estimate of drug-likeness (QED) is 0.609. The summed E-state index contributed by atoms with van der Waals surface area (Å²) in [5.74, 6) is -0.145. The molecule has 162 valence electrons. The first-order chi connectivity index (χ1) is 14.2. The van der Waals surface area contributed by atoms with Gasteiger partial charge in [-0.3, -0.25) is 9.10 Å². The topological polar surface area (TPSA) is 102 Å². The van der Waals surface area contributed by atoms with Crippen LogP contribution in [0.3, 0.4) is 0 Å². The van der Waals surface area contributed by atoms with Crippen LogP contribution in [0.5, 0.6) is 5.75 Å². The van der Waals surface area contributed by atoms with Crippen LogP contribution in [0.4, 0.5) is 11.4 Å². The summed E-state index contributed by atoms with van der Waals surface area (Å²) in [6, 6.07) is 11.6. The van der Waals surface area contributed by atoms with E-state index in [0.717, 1.165) is 11.8 Å². The van der Waals surface area contributed by atoms with Crippen LogP contribution in [-0.4, -0.2) is 47.3 Å². The minimum Gasteiger partial charge on any atom is -0.497 e. The number of carbonyl (C=O) groups excluding carboxylic acids is 2. The van der Waals surface area contributed by atoms with Gasteiger partial charge in [0.15, 0.2) is 0 Å². The Hall–Kier alpha value is -3.07. The molecular formula is C21H26N2O6S. The molecule has 0 aliphatic carbocycles. The lowest BCUT2D eigenvalue weighted by Crippen LogP contribution is -2.31. The van der Waals surface area contributed by atoms with Crippen LogP contribution in [0.15, 0.2) is 42.5 Å². The number of ether oxygens (including phenoxy) is 2. The number of hydrogen-bond acceptors (Lipinski definition) is 6. The van der Waals surface area contributed by atoms with Gasteiger partial charge in [0.2, 0.25) is 15.9 Å². The summed E-state index contributed by atoms with van der Waals surface area (Å²) in [7, 11) is -0.689. The molecule has 0 aliphatic rings.